The number of carbonyl (C=O) groups is 2. The summed E-state index contributed by atoms with van der Waals surface area (Å²) in [5.41, 5.74) is 0.889. The number of aliphatic hydroxyl groups excluding tert-OH is 1. The van der Waals surface area contributed by atoms with Gasteiger partial charge in [-0.05, 0) is 5.56 Å². The molecule has 0 radical (unpaired) electrons. The van der Waals surface area contributed by atoms with E-state index in [1.807, 2.05) is 30.3 Å². The number of rotatable bonds is 3. The lowest BCUT2D eigenvalue weighted by Gasteiger charge is -2.37. The predicted octanol–water partition coefficient (Wildman–Crippen LogP) is 0.458. The van der Waals surface area contributed by atoms with E-state index in [4.69, 9.17) is 4.74 Å². The van der Waals surface area contributed by atoms with Crippen molar-refractivity contribution in [3.63, 3.8) is 0 Å². The van der Waals surface area contributed by atoms with Crippen molar-refractivity contribution in [3.8, 4) is 0 Å². The van der Waals surface area contributed by atoms with Crippen LogP contribution in [0.25, 0.3) is 0 Å². The van der Waals surface area contributed by atoms with E-state index in [-0.39, 0.29) is 38.3 Å². The van der Waals surface area contributed by atoms with Gasteiger partial charge in [-0.15, -0.1) is 0 Å². The van der Waals surface area contributed by atoms with Crippen molar-refractivity contribution in [1.29, 1.82) is 0 Å². The first-order valence-corrected chi connectivity index (χ1v) is 6.44. The lowest BCUT2D eigenvalue weighted by atomic mass is 10.2. The highest BCUT2D eigenvalue weighted by Crippen LogP contribution is 2.11. The third-order valence-corrected chi connectivity index (χ3v) is 3.37. The molecule has 1 atom stereocenters. The summed E-state index contributed by atoms with van der Waals surface area (Å²) in [4.78, 5) is 26.4. The number of nitrogens with zero attached hydrogens (tertiary/aromatic N) is 2. The number of piperazine rings is 1. The maximum Gasteiger partial charge on any atom is 0.410 e. The summed E-state index contributed by atoms with van der Waals surface area (Å²) in [5.74, 6) is -0.202. The molecule has 108 valence electrons. The van der Waals surface area contributed by atoms with Crippen LogP contribution in [0.3, 0.4) is 0 Å². The molecule has 1 saturated heterocycles. The zero-order valence-electron chi connectivity index (χ0n) is 11.4. The van der Waals surface area contributed by atoms with E-state index in [2.05, 4.69) is 0 Å². The summed E-state index contributed by atoms with van der Waals surface area (Å²) in [7, 11) is 1.62. The Kier molecular flexibility index (Phi) is 4.57. The summed E-state index contributed by atoms with van der Waals surface area (Å²) < 4.78 is 5.18. The second kappa shape index (κ2) is 6.38. The van der Waals surface area contributed by atoms with E-state index in [1.54, 1.807) is 7.05 Å². The smallest absolute Gasteiger partial charge is 0.410 e. The predicted molar refractivity (Wildman–Crippen MR) is 71.8 cm³/mol. The largest absolute Gasteiger partial charge is 0.445 e. The standard InChI is InChI=1S/C14H18N2O4/c1-15-12(9-17)7-16(8-13(15)18)14(19)20-10-11-5-3-2-4-6-11/h2-6,12,17H,7-10H2,1H3. The van der Waals surface area contributed by atoms with Gasteiger partial charge in [0.05, 0.1) is 12.6 Å². The lowest BCUT2D eigenvalue weighted by molar-refractivity contribution is -0.138. The average Bonchev–Trinajstić information content (AvgIpc) is 2.48. The first-order chi connectivity index (χ1) is 9.61. The SMILES string of the molecule is CN1C(=O)CN(C(=O)OCc2ccccc2)CC1CO. The first kappa shape index (κ1) is 14.3. The van der Waals surface area contributed by atoms with Crippen LogP contribution in [0.5, 0.6) is 0 Å². The molecule has 1 aliphatic rings. The molecule has 1 fully saturated rings. The van der Waals surface area contributed by atoms with Crippen LogP contribution < -0.4 is 0 Å². The van der Waals surface area contributed by atoms with Crippen molar-refractivity contribution < 1.29 is 19.4 Å². The monoisotopic (exact) mass is 278 g/mol. The van der Waals surface area contributed by atoms with Crippen molar-refractivity contribution in [2.24, 2.45) is 0 Å². The van der Waals surface area contributed by atoms with Gasteiger partial charge in [-0.3, -0.25) is 9.69 Å². The van der Waals surface area contributed by atoms with Crippen molar-refractivity contribution in [1.82, 2.24) is 9.80 Å². The third-order valence-electron chi connectivity index (χ3n) is 3.37. The molecular formula is C14H18N2O4. The number of carbonyl (C=O) groups excluding carboxylic acids is 2. The van der Waals surface area contributed by atoms with Crippen LogP contribution in [0.4, 0.5) is 4.79 Å². The molecule has 0 saturated carbocycles. The fourth-order valence-electron chi connectivity index (χ4n) is 2.05. The molecule has 2 amide bonds. The molecule has 6 nitrogen and oxygen atoms in total. The highest BCUT2D eigenvalue weighted by Gasteiger charge is 2.32. The lowest BCUT2D eigenvalue weighted by Crippen LogP contribution is -2.57. The summed E-state index contributed by atoms with van der Waals surface area (Å²) >= 11 is 0. The maximum atomic E-state index is 11.9. The maximum absolute atomic E-state index is 11.9. The second-order valence-electron chi connectivity index (χ2n) is 4.76. The van der Waals surface area contributed by atoms with Crippen LogP contribution in [0, 0.1) is 0 Å². The second-order valence-corrected chi connectivity index (χ2v) is 4.76. The minimum atomic E-state index is -0.534. The molecule has 1 aliphatic heterocycles. The summed E-state index contributed by atoms with van der Waals surface area (Å²) in [6, 6.07) is 8.96. The van der Waals surface area contributed by atoms with Crippen molar-refractivity contribution in [3.05, 3.63) is 35.9 Å². The molecular weight excluding hydrogens is 260 g/mol. The molecule has 0 aliphatic carbocycles. The topological polar surface area (TPSA) is 70.1 Å². The van der Waals surface area contributed by atoms with Crippen molar-refractivity contribution in [2.75, 3.05) is 26.7 Å². The number of benzene rings is 1. The Balaban J connectivity index is 1.91. The van der Waals surface area contributed by atoms with Crippen LogP contribution in [-0.2, 0) is 16.1 Å². The Labute approximate surface area is 117 Å². The van der Waals surface area contributed by atoms with Crippen LogP contribution >= 0.6 is 0 Å². The Morgan fingerprint density at radius 1 is 1.40 bits per heavy atom. The molecule has 0 spiro atoms. The molecule has 1 aromatic carbocycles. The minimum Gasteiger partial charge on any atom is -0.445 e. The minimum absolute atomic E-state index is 0.0133. The van der Waals surface area contributed by atoms with E-state index in [9.17, 15) is 14.7 Å². The average molecular weight is 278 g/mol. The molecule has 6 heteroatoms. The van der Waals surface area contributed by atoms with Gasteiger partial charge < -0.3 is 14.7 Å². The van der Waals surface area contributed by atoms with Gasteiger partial charge in [-0.25, -0.2) is 4.79 Å². The molecule has 0 bridgehead atoms. The molecule has 20 heavy (non-hydrogen) atoms. The van der Waals surface area contributed by atoms with Crippen LogP contribution in [-0.4, -0.2) is 59.7 Å². The Morgan fingerprint density at radius 3 is 2.75 bits per heavy atom. The molecule has 1 heterocycles. The van der Waals surface area contributed by atoms with E-state index in [0.717, 1.165) is 5.56 Å². The van der Waals surface area contributed by atoms with Gasteiger partial charge in [0, 0.05) is 13.6 Å². The van der Waals surface area contributed by atoms with Crippen molar-refractivity contribution in [2.45, 2.75) is 12.6 Å². The Hall–Kier alpha value is -2.08. The fraction of sp³-hybridized carbons (Fsp3) is 0.429. The summed E-state index contributed by atoms with van der Waals surface area (Å²) in [6.45, 7) is 0.266. The van der Waals surface area contributed by atoms with E-state index in [1.165, 1.54) is 9.80 Å². The van der Waals surface area contributed by atoms with Crippen molar-refractivity contribution >= 4 is 12.0 Å². The van der Waals surface area contributed by atoms with E-state index < -0.39 is 6.09 Å². The van der Waals surface area contributed by atoms with Gasteiger partial charge in [0.15, 0.2) is 0 Å². The van der Waals surface area contributed by atoms with Gasteiger partial charge >= 0.3 is 6.09 Å². The van der Waals surface area contributed by atoms with Gasteiger partial charge in [0.25, 0.3) is 0 Å². The van der Waals surface area contributed by atoms with Crippen LogP contribution in [0.1, 0.15) is 5.56 Å². The summed E-state index contributed by atoms with van der Waals surface area (Å²) in [6.07, 6.45) is -0.534. The number of hydrogen-bond acceptors (Lipinski definition) is 4. The number of likely N-dealkylation sites (N-methyl/N-ethyl adjacent to an activating group) is 1. The number of aliphatic hydroxyl groups is 1. The van der Waals surface area contributed by atoms with E-state index >= 15 is 0 Å². The first-order valence-electron chi connectivity index (χ1n) is 6.44. The molecule has 1 N–H and O–H groups in total. The van der Waals surface area contributed by atoms with Crippen LogP contribution in [0.2, 0.25) is 0 Å². The number of ether oxygens (including phenoxy) is 1. The molecule has 1 aromatic rings. The zero-order valence-corrected chi connectivity index (χ0v) is 11.4. The van der Waals surface area contributed by atoms with Gasteiger partial charge in [0.2, 0.25) is 5.91 Å². The number of amides is 2. The van der Waals surface area contributed by atoms with Gasteiger partial charge in [-0.1, -0.05) is 30.3 Å². The third kappa shape index (κ3) is 3.27. The van der Waals surface area contributed by atoms with E-state index in [0.29, 0.717) is 0 Å². The van der Waals surface area contributed by atoms with Gasteiger partial charge in [0.1, 0.15) is 13.2 Å². The highest BCUT2D eigenvalue weighted by molar-refractivity contribution is 5.83. The van der Waals surface area contributed by atoms with Crippen LogP contribution in [0.15, 0.2) is 30.3 Å². The Morgan fingerprint density at radius 2 is 2.10 bits per heavy atom. The zero-order chi connectivity index (χ0) is 14.5. The highest BCUT2D eigenvalue weighted by atomic mass is 16.6. The quantitative estimate of drug-likeness (QED) is 0.872. The molecule has 0 aromatic heterocycles. The summed E-state index contributed by atoms with van der Waals surface area (Å²) in [5, 5.41) is 9.21. The Bertz CT molecular complexity index is 477. The molecule has 2 rings (SSSR count). The fourth-order valence-corrected chi connectivity index (χ4v) is 2.05. The van der Waals surface area contributed by atoms with Gasteiger partial charge in [-0.2, -0.15) is 0 Å². The molecule has 1 unspecified atom stereocenters. The number of hydrogen-bond donors (Lipinski definition) is 1. The normalized spacial score (nSPS) is 19.1.